The van der Waals surface area contributed by atoms with Gasteiger partial charge in [-0.05, 0) is 72.3 Å². The van der Waals surface area contributed by atoms with Crippen LogP contribution >= 0.6 is 11.9 Å². The van der Waals surface area contributed by atoms with E-state index >= 15 is 0 Å². The van der Waals surface area contributed by atoms with Crippen LogP contribution < -0.4 is 10.0 Å². The molecular weight excluding hydrogens is 400 g/mol. The van der Waals surface area contributed by atoms with Gasteiger partial charge in [-0.2, -0.15) is 0 Å². The first-order valence-electron chi connectivity index (χ1n) is 10.4. The Morgan fingerprint density at radius 1 is 0.806 bits per heavy atom. The SMILES string of the molecule is Cc1cccc(C)c1-c1cc2nc(n1)NSc1cccc(c1)NCc1cccc(c1)C2. The third-order valence-corrected chi connectivity index (χ3v) is 6.26. The Labute approximate surface area is 187 Å². The van der Waals surface area contributed by atoms with Crippen LogP contribution in [-0.4, -0.2) is 9.97 Å². The predicted octanol–water partition coefficient (Wildman–Crippen LogP) is 6.40. The maximum absolute atomic E-state index is 4.88. The lowest BCUT2D eigenvalue weighted by Crippen LogP contribution is -2.05. The van der Waals surface area contributed by atoms with Crippen molar-refractivity contribution in [1.82, 2.24) is 9.97 Å². The minimum absolute atomic E-state index is 0.631. The van der Waals surface area contributed by atoms with Crippen LogP contribution in [0.4, 0.5) is 11.6 Å². The summed E-state index contributed by atoms with van der Waals surface area (Å²) in [6, 6.07) is 25.6. The molecule has 1 aliphatic rings. The van der Waals surface area contributed by atoms with Crippen LogP contribution in [0.2, 0.25) is 0 Å². The van der Waals surface area contributed by atoms with Gasteiger partial charge in [-0.25, -0.2) is 9.97 Å². The van der Waals surface area contributed by atoms with Crippen molar-refractivity contribution in [2.45, 2.75) is 31.7 Å². The molecule has 2 N–H and O–H groups in total. The van der Waals surface area contributed by atoms with Crippen molar-refractivity contribution < 1.29 is 0 Å². The number of aryl methyl sites for hydroxylation is 2. The molecule has 0 amide bonds. The number of rotatable bonds is 1. The van der Waals surface area contributed by atoms with Crippen molar-refractivity contribution in [3.63, 3.8) is 0 Å². The number of hydrogen-bond donors (Lipinski definition) is 2. The minimum Gasteiger partial charge on any atom is -0.381 e. The number of anilines is 2. The zero-order chi connectivity index (χ0) is 21.2. The van der Waals surface area contributed by atoms with Crippen LogP contribution in [0, 0.1) is 13.8 Å². The highest BCUT2D eigenvalue weighted by Crippen LogP contribution is 2.29. The van der Waals surface area contributed by atoms with Crippen LogP contribution in [-0.2, 0) is 13.0 Å². The van der Waals surface area contributed by atoms with E-state index in [9.17, 15) is 0 Å². The molecule has 0 spiro atoms. The average molecular weight is 425 g/mol. The van der Waals surface area contributed by atoms with Crippen LogP contribution in [0.3, 0.4) is 0 Å². The van der Waals surface area contributed by atoms with Crippen molar-refractivity contribution in [2.75, 3.05) is 10.0 Å². The molecule has 0 atom stereocenters. The molecule has 1 aliphatic heterocycles. The molecule has 4 nitrogen and oxygen atoms in total. The van der Waals surface area contributed by atoms with Crippen LogP contribution in [0.1, 0.15) is 27.9 Å². The van der Waals surface area contributed by atoms with Crippen molar-refractivity contribution in [2.24, 2.45) is 0 Å². The second kappa shape index (κ2) is 8.44. The molecule has 0 saturated carbocycles. The van der Waals surface area contributed by atoms with E-state index in [0.29, 0.717) is 5.95 Å². The van der Waals surface area contributed by atoms with E-state index in [1.54, 1.807) is 0 Å². The Morgan fingerprint density at radius 3 is 2.45 bits per heavy atom. The van der Waals surface area contributed by atoms with Crippen LogP contribution in [0.5, 0.6) is 0 Å². The van der Waals surface area contributed by atoms with Crippen molar-refractivity contribution in [3.05, 3.63) is 101 Å². The Balaban J connectivity index is 1.62. The largest absolute Gasteiger partial charge is 0.381 e. The van der Waals surface area contributed by atoms with E-state index in [2.05, 4.69) is 96.7 Å². The second-order valence-electron chi connectivity index (χ2n) is 7.92. The van der Waals surface area contributed by atoms with Crippen molar-refractivity contribution in [3.8, 4) is 11.3 Å². The molecule has 6 bridgehead atoms. The van der Waals surface area contributed by atoms with Gasteiger partial charge in [0.05, 0.1) is 11.4 Å². The van der Waals surface area contributed by atoms with E-state index in [1.807, 2.05) is 0 Å². The number of benzene rings is 3. The molecule has 2 heterocycles. The monoisotopic (exact) mass is 424 g/mol. The molecule has 3 aromatic carbocycles. The maximum atomic E-state index is 4.88. The fraction of sp³-hybridized carbons (Fsp3) is 0.154. The summed E-state index contributed by atoms with van der Waals surface area (Å²) in [5.41, 5.74) is 9.19. The average Bonchev–Trinajstić information content (AvgIpc) is 2.76. The number of nitrogens with zero attached hydrogens (tertiary/aromatic N) is 2. The standard InChI is InChI=1S/C26H24N4S/c1-17-6-3-7-18(2)25(17)24-15-22-13-19-8-4-9-20(12-19)16-27-21-10-5-11-23(14-21)31-30-26(28-22)29-24/h3-12,14-15,27H,13,16H2,1-2H3,(H,28,29,30). The Morgan fingerprint density at radius 2 is 1.58 bits per heavy atom. The van der Waals surface area contributed by atoms with Crippen molar-refractivity contribution in [1.29, 1.82) is 0 Å². The van der Waals surface area contributed by atoms with Gasteiger partial charge < -0.3 is 5.32 Å². The molecule has 1 aromatic heterocycles. The quantitative estimate of drug-likeness (QED) is 0.347. The van der Waals surface area contributed by atoms with Gasteiger partial charge in [-0.15, -0.1) is 0 Å². The molecule has 0 aliphatic carbocycles. The molecule has 5 rings (SSSR count). The van der Waals surface area contributed by atoms with Crippen molar-refractivity contribution >= 4 is 23.6 Å². The summed E-state index contributed by atoms with van der Waals surface area (Å²) >= 11 is 1.53. The smallest absolute Gasteiger partial charge is 0.233 e. The number of nitrogens with one attached hydrogen (secondary N) is 2. The van der Waals surface area contributed by atoms with Crippen LogP contribution in [0.15, 0.2) is 77.7 Å². The molecule has 0 fully saturated rings. The topological polar surface area (TPSA) is 49.8 Å². The lowest BCUT2D eigenvalue weighted by molar-refractivity contribution is 1.03. The Hall–Kier alpha value is -3.31. The van der Waals surface area contributed by atoms with E-state index in [4.69, 9.17) is 9.97 Å². The zero-order valence-corrected chi connectivity index (χ0v) is 18.5. The summed E-state index contributed by atoms with van der Waals surface area (Å²) in [5, 5.41) is 3.52. The first-order chi connectivity index (χ1) is 15.1. The van der Waals surface area contributed by atoms with Gasteiger partial charge in [0.1, 0.15) is 0 Å². The number of fused-ring (bicyclic) bond motifs is 6. The first-order valence-corrected chi connectivity index (χ1v) is 11.2. The first kappa shape index (κ1) is 19.6. The highest BCUT2D eigenvalue weighted by atomic mass is 32.2. The normalized spacial score (nSPS) is 13.0. The summed E-state index contributed by atoms with van der Waals surface area (Å²) < 4.78 is 3.37. The number of hydrogen-bond acceptors (Lipinski definition) is 5. The van der Waals surface area contributed by atoms with E-state index in [0.717, 1.165) is 34.9 Å². The molecule has 31 heavy (non-hydrogen) atoms. The molecule has 0 unspecified atom stereocenters. The van der Waals surface area contributed by atoms with E-state index in [-0.39, 0.29) is 0 Å². The van der Waals surface area contributed by atoms with Gasteiger partial charge >= 0.3 is 0 Å². The summed E-state index contributed by atoms with van der Waals surface area (Å²) in [6.07, 6.45) is 0.763. The Kier molecular flexibility index (Phi) is 5.35. The molecule has 5 heteroatoms. The van der Waals surface area contributed by atoms with Gasteiger partial charge in [-0.3, -0.25) is 4.72 Å². The summed E-state index contributed by atoms with van der Waals surface area (Å²) in [6.45, 7) is 5.07. The minimum atomic E-state index is 0.631. The summed E-state index contributed by atoms with van der Waals surface area (Å²) in [4.78, 5) is 10.8. The molecule has 0 radical (unpaired) electrons. The lowest BCUT2D eigenvalue weighted by atomic mass is 9.98. The van der Waals surface area contributed by atoms with Gasteiger partial charge in [-0.1, -0.05) is 48.5 Å². The number of aromatic nitrogens is 2. The fourth-order valence-corrected chi connectivity index (χ4v) is 4.65. The summed E-state index contributed by atoms with van der Waals surface area (Å²) in [7, 11) is 0. The van der Waals surface area contributed by atoms with E-state index < -0.39 is 0 Å². The van der Waals surface area contributed by atoms with Gasteiger partial charge in [0.2, 0.25) is 5.95 Å². The van der Waals surface area contributed by atoms with E-state index in [1.165, 1.54) is 39.8 Å². The predicted molar refractivity (Wildman–Crippen MR) is 129 cm³/mol. The van der Waals surface area contributed by atoms with Crippen LogP contribution in [0.25, 0.3) is 11.3 Å². The third-order valence-electron chi connectivity index (χ3n) is 5.48. The molecule has 0 saturated heterocycles. The second-order valence-corrected chi connectivity index (χ2v) is 8.80. The molecule has 4 aromatic rings. The molecular formula is C26H24N4S. The van der Waals surface area contributed by atoms with Gasteiger partial charge in [0, 0.05) is 29.1 Å². The zero-order valence-electron chi connectivity index (χ0n) is 17.6. The summed E-state index contributed by atoms with van der Waals surface area (Å²) in [5.74, 6) is 0.631. The fourth-order valence-electron chi connectivity index (χ4n) is 4.02. The highest BCUT2D eigenvalue weighted by molar-refractivity contribution is 8.00. The van der Waals surface area contributed by atoms with Gasteiger partial charge in [0.25, 0.3) is 0 Å². The van der Waals surface area contributed by atoms with Gasteiger partial charge in [0.15, 0.2) is 0 Å². The molecule has 154 valence electrons. The highest BCUT2D eigenvalue weighted by Gasteiger charge is 2.13. The third kappa shape index (κ3) is 4.42. The maximum Gasteiger partial charge on any atom is 0.233 e. The lowest BCUT2D eigenvalue weighted by Gasteiger charge is -2.15. The Bertz CT molecular complexity index is 1230.